The fourth-order valence-electron chi connectivity index (χ4n) is 11.7. The van der Waals surface area contributed by atoms with Gasteiger partial charge in [0.15, 0.2) is 8.07 Å². The molecule has 0 aliphatic heterocycles. The summed E-state index contributed by atoms with van der Waals surface area (Å²) < 4.78 is 13.1. The Labute approximate surface area is 407 Å². The van der Waals surface area contributed by atoms with Gasteiger partial charge in [-0.2, -0.15) is 15.0 Å². The monoisotopic (exact) mass is 924 g/mol. The van der Waals surface area contributed by atoms with Gasteiger partial charge in [0, 0.05) is 43.1 Å². The van der Waals surface area contributed by atoms with E-state index in [9.17, 15) is 0 Å². The molecule has 0 unspecified atom stereocenters. The van der Waals surface area contributed by atoms with Gasteiger partial charge in [0.2, 0.25) is 17.8 Å². The van der Waals surface area contributed by atoms with E-state index in [1.807, 2.05) is 6.07 Å². The van der Waals surface area contributed by atoms with Crippen molar-refractivity contribution in [1.29, 1.82) is 0 Å². The molecule has 15 rings (SSSR count). The zero-order chi connectivity index (χ0) is 46.6. The van der Waals surface area contributed by atoms with Crippen molar-refractivity contribution in [3.63, 3.8) is 0 Å². The van der Waals surface area contributed by atoms with E-state index in [4.69, 9.17) is 19.4 Å². The molecule has 0 atom stereocenters. The van der Waals surface area contributed by atoms with Crippen LogP contribution in [0.3, 0.4) is 0 Å². The van der Waals surface area contributed by atoms with Gasteiger partial charge in [-0.05, 0) is 69.3 Å². The van der Waals surface area contributed by atoms with Crippen LogP contribution in [-0.2, 0) is 0 Å². The number of nitrogens with zero attached hydrogens (tertiary/aromatic N) is 6. The maximum absolute atomic E-state index is 6.43. The maximum Gasteiger partial charge on any atom is 0.241 e. The zero-order valence-electron chi connectivity index (χ0n) is 38.2. The van der Waals surface area contributed by atoms with Gasteiger partial charge in [-0.1, -0.05) is 194 Å². The van der Waals surface area contributed by atoms with E-state index in [0.717, 1.165) is 87.4 Å². The van der Waals surface area contributed by atoms with E-state index in [-0.39, 0.29) is 0 Å². The van der Waals surface area contributed by atoms with Gasteiger partial charge < -0.3 is 4.42 Å². The highest BCUT2D eigenvalue weighted by Gasteiger charge is 2.42. The summed E-state index contributed by atoms with van der Waals surface area (Å²) in [7, 11) is -3.05. The first kappa shape index (κ1) is 39.6. The highest BCUT2D eigenvalue weighted by atomic mass is 28.3. The van der Waals surface area contributed by atoms with Gasteiger partial charge in [-0.3, -0.25) is 13.7 Å². The highest BCUT2D eigenvalue weighted by molar-refractivity contribution is 7.20. The van der Waals surface area contributed by atoms with Crippen LogP contribution in [0.15, 0.2) is 247 Å². The molecule has 332 valence electrons. The Morgan fingerprint density at radius 1 is 0.254 bits per heavy atom. The first-order chi connectivity index (χ1) is 35.2. The predicted molar refractivity (Wildman–Crippen MR) is 294 cm³/mol. The van der Waals surface area contributed by atoms with Crippen molar-refractivity contribution in [1.82, 2.24) is 28.7 Å². The van der Waals surface area contributed by atoms with Crippen molar-refractivity contribution < 1.29 is 4.42 Å². The molecule has 7 nitrogen and oxygen atoms in total. The first-order valence-electron chi connectivity index (χ1n) is 24.0. The van der Waals surface area contributed by atoms with Crippen molar-refractivity contribution in [3.05, 3.63) is 243 Å². The number of benzene rings is 10. The fraction of sp³-hybridized carbons (Fsp3) is 0. The van der Waals surface area contributed by atoms with Crippen LogP contribution in [0.5, 0.6) is 0 Å². The number of fused-ring (bicyclic) bond motifs is 12. The number of furan rings is 1. The van der Waals surface area contributed by atoms with E-state index in [0.29, 0.717) is 17.8 Å². The molecule has 5 heterocycles. The molecule has 0 amide bonds. The lowest BCUT2D eigenvalue weighted by Crippen LogP contribution is -2.74. The summed E-state index contributed by atoms with van der Waals surface area (Å²) in [5.41, 5.74) is 7.88. The third kappa shape index (κ3) is 5.73. The van der Waals surface area contributed by atoms with E-state index < -0.39 is 8.07 Å². The van der Waals surface area contributed by atoms with E-state index in [2.05, 4.69) is 250 Å². The quantitative estimate of drug-likeness (QED) is 0.118. The minimum absolute atomic E-state index is 0.527. The molecule has 10 aromatic carbocycles. The molecule has 0 bridgehead atoms. The average molecular weight is 925 g/mol. The Morgan fingerprint density at radius 2 is 0.577 bits per heavy atom. The number of rotatable bonds is 7. The van der Waals surface area contributed by atoms with Crippen LogP contribution in [0, 0.1) is 0 Å². The number of hydrogen-bond donors (Lipinski definition) is 0. The summed E-state index contributed by atoms with van der Waals surface area (Å²) in [4.78, 5) is 16.5. The normalized spacial score (nSPS) is 12.2. The van der Waals surface area contributed by atoms with E-state index in [1.165, 1.54) is 20.7 Å². The molecule has 0 radical (unpaired) electrons. The summed E-state index contributed by atoms with van der Waals surface area (Å²) in [6.45, 7) is 0. The molecule has 5 aromatic heterocycles. The van der Waals surface area contributed by atoms with E-state index in [1.54, 1.807) is 0 Å². The van der Waals surface area contributed by atoms with Crippen LogP contribution in [0.25, 0.3) is 105 Å². The molecule has 0 aliphatic rings. The van der Waals surface area contributed by atoms with Gasteiger partial charge in [0.25, 0.3) is 0 Å². The number of para-hydroxylation sites is 6. The second-order valence-electron chi connectivity index (χ2n) is 18.4. The third-order valence-electron chi connectivity index (χ3n) is 14.7. The molecular weight excluding hydrogens is 885 g/mol. The highest BCUT2D eigenvalue weighted by Crippen LogP contribution is 2.36. The minimum Gasteiger partial charge on any atom is -0.456 e. The second kappa shape index (κ2) is 15.3. The minimum atomic E-state index is -3.05. The molecule has 0 fully saturated rings. The van der Waals surface area contributed by atoms with Gasteiger partial charge in [0.05, 0.1) is 33.1 Å². The lowest BCUT2D eigenvalue weighted by atomic mass is 10.1. The molecule has 0 saturated heterocycles. The molecular formula is C63H40N6OSi. The van der Waals surface area contributed by atoms with Crippen molar-refractivity contribution in [2.24, 2.45) is 0 Å². The van der Waals surface area contributed by atoms with Crippen LogP contribution >= 0.6 is 0 Å². The van der Waals surface area contributed by atoms with Crippen molar-refractivity contribution in [2.75, 3.05) is 0 Å². The number of aromatic nitrogens is 6. The fourth-order valence-corrected chi connectivity index (χ4v) is 16.4. The standard InChI is InChI=1S/C63H40N6OSi/c1-3-19-41(20-4-1)71(42-21-5-2-6-22-42,44-36-38-60-52(40-44)50-28-12-18-34-59(50)70-60)43-35-37-58-51(39-43)49-27-11-17-33-57(49)69(58)63-65-61(67-53-29-13-7-23-45(53)46-24-8-14-30-54(46)67)64-62(66-63)68-55-31-15-9-25-47(55)48-26-10-16-32-56(48)68/h1-40H. The van der Waals surface area contributed by atoms with Crippen LogP contribution < -0.4 is 20.7 Å². The summed E-state index contributed by atoms with van der Waals surface area (Å²) in [6.07, 6.45) is 0. The SMILES string of the molecule is c1ccc([Si](c2ccccc2)(c2ccc3oc4ccccc4c3c2)c2ccc3c(c2)c2ccccc2n3-c2nc(-n3c4ccccc4c4ccccc43)nc(-n3c4ccccc4c4ccccc43)n2)cc1. The molecule has 71 heavy (non-hydrogen) atoms. The van der Waals surface area contributed by atoms with Gasteiger partial charge in [0.1, 0.15) is 11.2 Å². The summed E-state index contributed by atoms with van der Waals surface area (Å²) in [5, 5.41) is 14.2. The van der Waals surface area contributed by atoms with Crippen LogP contribution in [-0.4, -0.2) is 36.7 Å². The van der Waals surface area contributed by atoms with Crippen LogP contribution in [0.1, 0.15) is 0 Å². The van der Waals surface area contributed by atoms with Crippen molar-refractivity contribution >= 4 is 116 Å². The van der Waals surface area contributed by atoms with Crippen molar-refractivity contribution in [2.45, 2.75) is 0 Å². The lowest BCUT2D eigenvalue weighted by molar-refractivity contribution is 0.669. The Balaban J connectivity index is 1.04. The molecule has 8 heteroatoms. The number of hydrogen-bond acceptors (Lipinski definition) is 4. The summed E-state index contributed by atoms with van der Waals surface area (Å²) >= 11 is 0. The summed E-state index contributed by atoms with van der Waals surface area (Å²) in [6, 6.07) is 87.3. The Hall–Kier alpha value is -9.37. The molecule has 0 aliphatic carbocycles. The van der Waals surface area contributed by atoms with Crippen LogP contribution in [0.2, 0.25) is 0 Å². The van der Waals surface area contributed by atoms with Crippen LogP contribution in [0.4, 0.5) is 0 Å². The Morgan fingerprint density at radius 3 is 1.03 bits per heavy atom. The summed E-state index contributed by atoms with van der Waals surface area (Å²) in [5.74, 6) is 1.60. The first-order valence-corrected chi connectivity index (χ1v) is 26.0. The lowest BCUT2D eigenvalue weighted by Gasteiger charge is -2.34. The van der Waals surface area contributed by atoms with Crippen molar-refractivity contribution in [3.8, 4) is 17.8 Å². The Kier molecular flexibility index (Phi) is 8.54. The zero-order valence-corrected chi connectivity index (χ0v) is 39.2. The maximum atomic E-state index is 6.43. The third-order valence-corrected chi connectivity index (χ3v) is 19.4. The van der Waals surface area contributed by atoms with E-state index >= 15 is 0 Å². The molecule has 15 aromatic rings. The van der Waals surface area contributed by atoms with Gasteiger partial charge in [-0.25, -0.2) is 0 Å². The largest absolute Gasteiger partial charge is 0.456 e. The topological polar surface area (TPSA) is 66.6 Å². The second-order valence-corrected chi connectivity index (χ2v) is 22.2. The average Bonchev–Trinajstić information content (AvgIpc) is 4.18. The predicted octanol–water partition coefficient (Wildman–Crippen LogP) is 12.4. The van der Waals surface area contributed by atoms with Gasteiger partial charge in [-0.15, -0.1) is 0 Å². The molecule has 0 saturated carbocycles. The molecule has 0 spiro atoms. The molecule has 0 N–H and O–H groups in total. The smallest absolute Gasteiger partial charge is 0.241 e. The van der Waals surface area contributed by atoms with Gasteiger partial charge >= 0.3 is 0 Å². The Bertz CT molecular complexity index is 4330.